The Labute approximate surface area is 185 Å². The first-order valence-electron chi connectivity index (χ1n) is 9.30. The second-order valence-corrected chi connectivity index (χ2v) is 9.75. The van der Waals surface area contributed by atoms with E-state index in [4.69, 9.17) is 23.2 Å². The smallest absolute Gasteiger partial charge is 0.244 e. The average Bonchev–Trinajstić information content (AvgIpc) is 2.71. The number of amides is 2. The van der Waals surface area contributed by atoms with Gasteiger partial charge >= 0.3 is 0 Å². The van der Waals surface area contributed by atoms with Crippen LogP contribution in [0.3, 0.4) is 0 Å². The van der Waals surface area contributed by atoms with E-state index < -0.39 is 10.0 Å². The molecule has 0 radical (unpaired) electrons. The summed E-state index contributed by atoms with van der Waals surface area (Å²) in [6, 6.07) is 11.1. The zero-order valence-electron chi connectivity index (χ0n) is 16.2. The highest BCUT2D eigenvalue weighted by molar-refractivity contribution is 7.89. The molecule has 0 saturated carbocycles. The lowest BCUT2D eigenvalue weighted by molar-refractivity contribution is -0.121. The molecule has 1 saturated heterocycles. The van der Waals surface area contributed by atoms with Gasteiger partial charge in [-0.25, -0.2) is 8.42 Å². The lowest BCUT2D eigenvalue weighted by Gasteiger charge is -2.30. The van der Waals surface area contributed by atoms with Crippen molar-refractivity contribution in [2.24, 2.45) is 5.92 Å². The maximum Gasteiger partial charge on any atom is 0.244 e. The minimum atomic E-state index is -3.79. The molecule has 0 unspecified atom stereocenters. The summed E-state index contributed by atoms with van der Waals surface area (Å²) in [7, 11) is -3.79. The van der Waals surface area contributed by atoms with E-state index in [1.807, 2.05) is 0 Å². The molecule has 10 heteroatoms. The number of rotatable bonds is 5. The van der Waals surface area contributed by atoms with Gasteiger partial charge in [0.15, 0.2) is 0 Å². The van der Waals surface area contributed by atoms with E-state index in [9.17, 15) is 18.0 Å². The quantitative estimate of drug-likeness (QED) is 0.691. The standard InChI is InChI=1S/C20H21Cl2N3O4S/c1-13(26)23-16-3-5-17(6-4-16)24-20(27)14-8-10-25(11-9-14)30(28,29)19-12-15(21)2-7-18(19)22/h2-7,12,14H,8-11H2,1H3,(H,23,26)(H,24,27). The van der Waals surface area contributed by atoms with Crippen LogP contribution in [0.5, 0.6) is 0 Å². The van der Waals surface area contributed by atoms with Gasteiger partial charge in [-0.05, 0) is 55.3 Å². The zero-order valence-corrected chi connectivity index (χ0v) is 18.5. The molecule has 7 nitrogen and oxygen atoms in total. The summed E-state index contributed by atoms with van der Waals surface area (Å²) in [4.78, 5) is 23.6. The number of nitrogens with one attached hydrogen (secondary N) is 2. The van der Waals surface area contributed by atoms with Crippen LogP contribution in [0.15, 0.2) is 47.4 Å². The van der Waals surface area contributed by atoms with E-state index in [0.717, 1.165) is 0 Å². The highest BCUT2D eigenvalue weighted by Crippen LogP contribution is 2.30. The number of sulfonamides is 1. The molecule has 1 heterocycles. The van der Waals surface area contributed by atoms with Crippen molar-refractivity contribution >= 4 is 56.4 Å². The molecule has 2 N–H and O–H groups in total. The molecule has 1 fully saturated rings. The first kappa shape index (κ1) is 22.6. The van der Waals surface area contributed by atoms with Gasteiger partial charge < -0.3 is 10.6 Å². The van der Waals surface area contributed by atoms with Crippen LogP contribution < -0.4 is 10.6 Å². The fourth-order valence-electron chi connectivity index (χ4n) is 3.26. The highest BCUT2D eigenvalue weighted by atomic mass is 35.5. The van der Waals surface area contributed by atoms with E-state index in [1.54, 1.807) is 24.3 Å². The number of benzene rings is 2. The van der Waals surface area contributed by atoms with Crippen LogP contribution in [-0.4, -0.2) is 37.6 Å². The minimum absolute atomic E-state index is 0.0289. The van der Waals surface area contributed by atoms with Crippen LogP contribution in [0, 0.1) is 5.92 Å². The number of carbonyl (C=O) groups is 2. The van der Waals surface area contributed by atoms with E-state index >= 15 is 0 Å². The van der Waals surface area contributed by atoms with Gasteiger partial charge in [-0.2, -0.15) is 4.31 Å². The molecule has 0 atom stereocenters. The van der Waals surface area contributed by atoms with Crippen molar-refractivity contribution in [2.45, 2.75) is 24.7 Å². The van der Waals surface area contributed by atoms with Crippen LogP contribution in [0.25, 0.3) is 0 Å². The van der Waals surface area contributed by atoms with Gasteiger partial charge in [0.2, 0.25) is 21.8 Å². The van der Waals surface area contributed by atoms with Crippen molar-refractivity contribution in [1.29, 1.82) is 0 Å². The number of carbonyl (C=O) groups excluding carboxylic acids is 2. The Morgan fingerprint density at radius 1 is 0.967 bits per heavy atom. The fraction of sp³-hybridized carbons (Fsp3) is 0.300. The van der Waals surface area contributed by atoms with E-state index in [2.05, 4.69) is 10.6 Å². The normalized spacial score (nSPS) is 15.6. The predicted molar refractivity (Wildman–Crippen MR) is 117 cm³/mol. The number of halogens is 2. The summed E-state index contributed by atoms with van der Waals surface area (Å²) in [6.07, 6.45) is 0.792. The highest BCUT2D eigenvalue weighted by Gasteiger charge is 2.33. The monoisotopic (exact) mass is 469 g/mol. The molecule has 2 amide bonds. The third kappa shape index (κ3) is 5.31. The summed E-state index contributed by atoms with van der Waals surface area (Å²) in [5.74, 6) is -0.644. The van der Waals surface area contributed by atoms with Crippen LogP contribution in [0.2, 0.25) is 10.0 Å². The lowest BCUT2D eigenvalue weighted by Crippen LogP contribution is -2.41. The number of hydrogen-bond acceptors (Lipinski definition) is 4. The molecule has 2 aromatic rings. The van der Waals surface area contributed by atoms with Gasteiger partial charge in [0.1, 0.15) is 4.90 Å². The summed E-state index contributed by atoms with van der Waals surface area (Å²) in [6.45, 7) is 1.85. The van der Waals surface area contributed by atoms with Gasteiger partial charge in [0, 0.05) is 42.3 Å². The van der Waals surface area contributed by atoms with Crippen molar-refractivity contribution in [1.82, 2.24) is 4.31 Å². The second-order valence-electron chi connectivity index (χ2n) is 7.00. The summed E-state index contributed by atoms with van der Waals surface area (Å²) < 4.78 is 27.1. The van der Waals surface area contributed by atoms with Crippen molar-refractivity contribution in [3.05, 3.63) is 52.5 Å². The van der Waals surface area contributed by atoms with Crippen LogP contribution in [-0.2, 0) is 19.6 Å². The Hall–Kier alpha value is -2.13. The van der Waals surface area contributed by atoms with Crippen LogP contribution in [0.4, 0.5) is 11.4 Å². The molecule has 0 bridgehead atoms. The summed E-state index contributed by atoms with van der Waals surface area (Å²) in [5.41, 5.74) is 1.24. The third-order valence-corrected chi connectivity index (χ3v) is 7.42. The average molecular weight is 470 g/mol. The number of piperidine rings is 1. The summed E-state index contributed by atoms with van der Waals surface area (Å²) >= 11 is 12.0. The maximum atomic E-state index is 12.9. The van der Waals surface area contributed by atoms with Crippen molar-refractivity contribution in [2.75, 3.05) is 23.7 Å². The van der Waals surface area contributed by atoms with Gasteiger partial charge in [-0.15, -0.1) is 0 Å². The van der Waals surface area contributed by atoms with Gasteiger partial charge in [-0.1, -0.05) is 23.2 Å². The lowest BCUT2D eigenvalue weighted by atomic mass is 9.97. The molecule has 1 aliphatic heterocycles. The molecule has 2 aromatic carbocycles. The fourth-order valence-corrected chi connectivity index (χ4v) is 5.46. The molecular weight excluding hydrogens is 449 g/mol. The van der Waals surface area contributed by atoms with E-state index in [0.29, 0.717) is 24.2 Å². The number of nitrogens with zero attached hydrogens (tertiary/aromatic N) is 1. The largest absolute Gasteiger partial charge is 0.326 e. The molecule has 0 aromatic heterocycles. The first-order valence-corrected chi connectivity index (χ1v) is 11.5. The van der Waals surface area contributed by atoms with E-state index in [1.165, 1.54) is 29.4 Å². The van der Waals surface area contributed by atoms with Gasteiger partial charge in [0.05, 0.1) is 5.02 Å². The van der Waals surface area contributed by atoms with Crippen molar-refractivity contribution in [3.63, 3.8) is 0 Å². The molecule has 160 valence electrons. The maximum absolute atomic E-state index is 12.9. The zero-order chi connectivity index (χ0) is 21.9. The third-order valence-electron chi connectivity index (χ3n) is 4.81. The number of hydrogen-bond donors (Lipinski definition) is 2. The molecule has 0 spiro atoms. The predicted octanol–water partition coefficient (Wildman–Crippen LogP) is 3.99. The number of anilines is 2. The minimum Gasteiger partial charge on any atom is -0.326 e. The van der Waals surface area contributed by atoms with Crippen molar-refractivity contribution < 1.29 is 18.0 Å². The first-order chi connectivity index (χ1) is 14.2. The Balaban J connectivity index is 1.60. The Morgan fingerprint density at radius 3 is 2.10 bits per heavy atom. The molecule has 30 heavy (non-hydrogen) atoms. The molecule has 3 rings (SSSR count). The molecular formula is C20H21Cl2N3O4S. The van der Waals surface area contributed by atoms with E-state index in [-0.39, 0.29) is 45.8 Å². The summed E-state index contributed by atoms with van der Waals surface area (Å²) in [5, 5.41) is 5.89. The van der Waals surface area contributed by atoms with Crippen LogP contribution in [0.1, 0.15) is 19.8 Å². The Kier molecular flexibility index (Phi) is 7.02. The Morgan fingerprint density at radius 2 is 1.53 bits per heavy atom. The molecule has 0 aliphatic carbocycles. The topological polar surface area (TPSA) is 95.6 Å². The molecule has 1 aliphatic rings. The van der Waals surface area contributed by atoms with Gasteiger partial charge in [0.25, 0.3) is 0 Å². The van der Waals surface area contributed by atoms with Gasteiger partial charge in [-0.3, -0.25) is 9.59 Å². The van der Waals surface area contributed by atoms with Crippen LogP contribution >= 0.6 is 23.2 Å². The van der Waals surface area contributed by atoms with Crippen molar-refractivity contribution in [3.8, 4) is 0 Å². The SMILES string of the molecule is CC(=O)Nc1ccc(NC(=O)C2CCN(S(=O)(=O)c3cc(Cl)ccc3Cl)CC2)cc1. The second kappa shape index (κ2) is 9.34. The Bertz CT molecular complexity index is 1050.